The van der Waals surface area contributed by atoms with Gasteiger partial charge in [0.25, 0.3) is 0 Å². The molecule has 104 valence electrons. The Balaban J connectivity index is 1.85. The van der Waals surface area contributed by atoms with Crippen LogP contribution in [0.1, 0.15) is 23.6 Å². The minimum atomic E-state index is 0.282. The number of aryl methyl sites for hydroxylation is 1. The Morgan fingerprint density at radius 1 is 1.25 bits per heavy atom. The zero-order valence-corrected chi connectivity index (χ0v) is 12.8. The summed E-state index contributed by atoms with van der Waals surface area (Å²) in [5.74, 6) is 1.17. The van der Waals surface area contributed by atoms with E-state index in [4.69, 9.17) is 4.74 Å². The van der Waals surface area contributed by atoms with Crippen molar-refractivity contribution in [2.45, 2.75) is 18.9 Å². The fourth-order valence-corrected chi connectivity index (χ4v) is 3.19. The van der Waals surface area contributed by atoms with E-state index in [-0.39, 0.29) is 6.04 Å². The number of hydrogen-bond donors (Lipinski definition) is 2. The van der Waals surface area contributed by atoms with Crippen molar-refractivity contribution in [3.63, 3.8) is 0 Å². The van der Waals surface area contributed by atoms with Gasteiger partial charge in [-0.15, -0.1) is 0 Å². The lowest BCUT2D eigenvalue weighted by atomic mass is 10.1. The number of methoxy groups -OCH3 is 1. The second-order valence-corrected chi connectivity index (χ2v) is 5.91. The van der Waals surface area contributed by atoms with Gasteiger partial charge in [-0.2, -0.15) is 0 Å². The highest BCUT2D eigenvalue weighted by molar-refractivity contribution is 9.10. The molecule has 2 aromatic rings. The minimum Gasteiger partial charge on any atom is -0.508 e. The van der Waals surface area contributed by atoms with E-state index >= 15 is 0 Å². The van der Waals surface area contributed by atoms with Crippen molar-refractivity contribution >= 4 is 21.6 Å². The van der Waals surface area contributed by atoms with Crippen LogP contribution in [-0.4, -0.2) is 12.2 Å². The molecule has 0 amide bonds. The van der Waals surface area contributed by atoms with Gasteiger partial charge in [0.1, 0.15) is 11.5 Å². The number of rotatable bonds is 3. The molecule has 3 rings (SSSR count). The molecule has 0 radical (unpaired) electrons. The lowest BCUT2D eigenvalue weighted by molar-refractivity contribution is 0.414. The van der Waals surface area contributed by atoms with Gasteiger partial charge in [-0.05, 0) is 48.2 Å². The highest BCUT2D eigenvalue weighted by Gasteiger charge is 2.22. The molecular weight excluding hydrogens is 318 g/mol. The average Bonchev–Trinajstić information content (AvgIpc) is 2.80. The summed E-state index contributed by atoms with van der Waals surface area (Å²) >= 11 is 3.49. The van der Waals surface area contributed by atoms with Crippen LogP contribution < -0.4 is 10.1 Å². The first-order valence-corrected chi connectivity index (χ1v) is 7.38. The van der Waals surface area contributed by atoms with E-state index in [0.717, 1.165) is 28.8 Å². The normalized spacial score (nSPS) is 16.8. The van der Waals surface area contributed by atoms with E-state index in [1.54, 1.807) is 13.2 Å². The van der Waals surface area contributed by atoms with Gasteiger partial charge in [0.15, 0.2) is 0 Å². The molecule has 0 bridgehead atoms. The largest absolute Gasteiger partial charge is 0.508 e. The molecular formula is C16H16BrNO2. The van der Waals surface area contributed by atoms with Gasteiger partial charge in [-0.3, -0.25) is 0 Å². The van der Waals surface area contributed by atoms with Gasteiger partial charge in [-0.25, -0.2) is 0 Å². The number of phenols is 1. The first-order valence-electron chi connectivity index (χ1n) is 6.58. The monoisotopic (exact) mass is 333 g/mol. The summed E-state index contributed by atoms with van der Waals surface area (Å²) in [6.45, 7) is 0. The first-order chi connectivity index (χ1) is 9.65. The molecule has 0 saturated carbocycles. The van der Waals surface area contributed by atoms with Gasteiger partial charge in [0.2, 0.25) is 0 Å². The second kappa shape index (κ2) is 5.37. The molecule has 0 aliphatic heterocycles. The van der Waals surface area contributed by atoms with Crippen molar-refractivity contribution in [3.05, 3.63) is 52.0 Å². The summed E-state index contributed by atoms with van der Waals surface area (Å²) in [6, 6.07) is 11.9. The first kappa shape index (κ1) is 13.3. The Hall–Kier alpha value is -1.68. The highest BCUT2D eigenvalue weighted by Crippen LogP contribution is 2.36. The van der Waals surface area contributed by atoms with Crippen LogP contribution in [0.15, 0.2) is 40.9 Å². The summed E-state index contributed by atoms with van der Waals surface area (Å²) in [5, 5.41) is 13.1. The lowest BCUT2D eigenvalue weighted by Gasteiger charge is -2.16. The Kier molecular flexibility index (Phi) is 3.57. The Morgan fingerprint density at radius 3 is 2.90 bits per heavy atom. The standard InChI is InChI=1S/C16H16BrNO2/c1-20-14-8-11(17)7-12(9-14)18-16-5-2-10-6-13(19)3-4-15(10)16/h3-4,6-9,16,18-19H,2,5H2,1H3. The Morgan fingerprint density at radius 2 is 2.10 bits per heavy atom. The average molecular weight is 334 g/mol. The zero-order chi connectivity index (χ0) is 14.1. The van der Waals surface area contributed by atoms with Crippen LogP contribution in [0, 0.1) is 0 Å². The zero-order valence-electron chi connectivity index (χ0n) is 11.2. The topological polar surface area (TPSA) is 41.5 Å². The summed E-state index contributed by atoms with van der Waals surface area (Å²) in [4.78, 5) is 0. The summed E-state index contributed by atoms with van der Waals surface area (Å²) in [5.41, 5.74) is 3.52. The van der Waals surface area contributed by atoms with Crippen molar-refractivity contribution in [1.82, 2.24) is 0 Å². The van der Waals surface area contributed by atoms with Gasteiger partial charge < -0.3 is 15.2 Å². The predicted molar refractivity (Wildman–Crippen MR) is 83.5 cm³/mol. The number of nitrogens with one attached hydrogen (secondary N) is 1. The third kappa shape index (κ3) is 2.61. The van der Waals surface area contributed by atoms with Crippen LogP contribution in [0.5, 0.6) is 11.5 Å². The van der Waals surface area contributed by atoms with Crippen LogP contribution >= 0.6 is 15.9 Å². The molecule has 20 heavy (non-hydrogen) atoms. The van der Waals surface area contributed by atoms with Gasteiger partial charge in [0, 0.05) is 16.2 Å². The van der Waals surface area contributed by atoms with Crippen LogP contribution in [-0.2, 0) is 6.42 Å². The maximum atomic E-state index is 9.53. The van der Waals surface area contributed by atoms with Crippen LogP contribution in [0.4, 0.5) is 5.69 Å². The number of halogens is 1. The van der Waals surface area contributed by atoms with E-state index in [0.29, 0.717) is 5.75 Å². The molecule has 4 heteroatoms. The van der Waals surface area contributed by atoms with Crippen molar-refractivity contribution < 1.29 is 9.84 Å². The predicted octanol–water partition coefficient (Wildman–Crippen LogP) is 4.26. The smallest absolute Gasteiger partial charge is 0.122 e. The van der Waals surface area contributed by atoms with E-state index in [2.05, 4.69) is 21.2 Å². The summed E-state index contributed by atoms with van der Waals surface area (Å²) in [6.07, 6.45) is 2.03. The molecule has 2 aromatic carbocycles. The molecule has 1 unspecified atom stereocenters. The number of phenolic OH excluding ortho intramolecular Hbond substituents is 1. The van der Waals surface area contributed by atoms with Crippen LogP contribution in [0.2, 0.25) is 0 Å². The molecule has 1 aliphatic rings. The van der Waals surface area contributed by atoms with E-state index < -0.39 is 0 Å². The number of hydrogen-bond acceptors (Lipinski definition) is 3. The highest BCUT2D eigenvalue weighted by atomic mass is 79.9. The molecule has 2 N–H and O–H groups in total. The molecule has 0 fully saturated rings. The molecule has 1 atom stereocenters. The van der Waals surface area contributed by atoms with E-state index in [1.807, 2.05) is 30.3 Å². The molecule has 1 aliphatic carbocycles. The third-order valence-corrected chi connectivity index (χ3v) is 4.11. The fourth-order valence-electron chi connectivity index (χ4n) is 2.72. The molecule has 0 heterocycles. The number of fused-ring (bicyclic) bond motifs is 1. The third-order valence-electron chi connectivity index (χ3n) is 3.65. The van der Waals surface area contributed by atoms with Crippen LogP contribution in [0.25, 0.3) is 0 Å². The molecule has 0 saturated heterocycles. The number of aromatic hydroxyl groups is 1. The number of benzene rings is 2. The van der Waals surface area contributed by atoms with Crippen molar-refractivity contribution in [3.8, 4) is 11.5 Å². The maximum Gasteiger partial charge on any atom is 0.122 e. The van der Waals surface area contributed by atoms with Gasteiger partial charge >= 0.3 is 0 Å². The number of anilines is 1. The van der Waals surface area contributed by atoms with Gasteiger partial charge in [-0.1, -0.05) is 22.0 Å². The van der Waals surface area contributed by atoms with E-state index in [1.165, 1.54) is 11.1 Å². The minimum absolute atomic E-state index is 0.282. The van der Waals surface area contributed by atoms with Crippen molar-refractivity contribution in [2.75, 3.05) is 12.4 Å². The SMILES string of the molecule is COc1cc(Br)cc(NC2CCc3cc(O)ccc32)c1. The quantitative estimate of drug-likeness (QED) is 0.881. The van der Waals surface area contributed by atoms with Crippen LogP contribution in [0.3, 0.4) is 0 Å². The lowest BCUT2D eigenvalue weighted by Crippen LogP contribution is -2.07. The Labute approximate surface area is 126 Å². The maximum absolute atomic E-state index is 9.53. The van der Waals surface area contributed by atoms with Crippen molar-refractivity contribution in [1.29, 1.82) is 0 Å². The second-order valence-electron chi connectivity index (χ2n) is 5.00. The molecule has 0 aromatic heterocycles. The summed E-state index contributed by atoms with van der Waals surface area (Å²) in [7, 11) is 1.67. The summed E-state index contributed by atoms with van der Waals surface area (Å²) < 4.78 is 6.27. The Bertz CT molecular complexity index is 642. The molecule has 3 nitrogen and oxygen atoms in total. The fraction of sp³-hybridized carbons (Fsp3) is 0.250. The number of ether oxygens (including phenoxy) is 1. The molecule has 0 spiro atoms. The van der Waals surface area contributed by atoms with Gasteiger partial charge in [0.05, 0.1) is 13.2 Å². The van der Waals surface area contributed by atoms with E-state index in [9.17, 15) is 5.11 Å². The van der Waals surface area contributed by atoms with Crippen molar-refractivity contribution in [2.24, 2.45) is 0 Å².